The molecule has 0 N–H and O–H groups in total. The monoisotopic (exact) mass is 426 g/mol. The quantitative estimate of drug-likeness (QED) is 0.439. The molecule has 0 saturated heterocycles. The number of nitrogens with zero attached hydrogens (tertiary/aromatic N) is 4. The van der Waals surface area contributed by atoms with E-state index in [1.165, 1.54) is 7.05 Å². The summed E-state index contributed by atoms with van der Waals surface area (Å²) in [6.07, 6.45) is 1.89. The van der Waals surface area contributed by atoms with Crippen LogP contribution in [0.1, 0.15) is 11.5 Å². The first-order valence-corrected chi connectivity index (χ1v) is 10.3. The first-order chi connectivity index (χ1) is 15.5. The van der Waals surface area contributed by atoms with Crippen molar-refractivity contribution < 1.29 is 4.42 Å². The van der Waals surface area contributed by atoms with Gasteiger partial charge in [-0.25, -0.2) is 9.78 Å². The van der Waals surface area contributed by atoms with E-state index in [1.54, 1.807) is 9.13 Å². The van der Waals surface area contributed by atoms with E-state index in [4.69, 9.17) is 4.42 Å². The minimum absolute atomic E-state index is 0.190. The predicted molar refractivity (Wildman–Crippen MR) is 124 cm³/mol. The van der Waals surface area contributed by atoms with E-state index in [0.717, 1.165) is 21.3 Å². The van der Waals surface area contributed by atoms with Gasteiger partial charge in [0.1, 0.15) is 17.0 Å². The smallest absolute Gasteiger partial charge is 0.331 e. The van der Waals surface area contributed by atoms with E-state index in [-0.39, 0.29) is 12.1 Å². The zero-order valence-electron chi connectivity index (χ0n) is 18.1. The number of rotatable bonds is 4. The van der Waals surface area contributed by atoms with Crippen LogP contribution in [0, 0.1) is 6.92 Å². The van der Waals surface area contributed by atoms with Crippen molar-refractivity contribution in [1.82, 2.24) is 18.7 Å². The minimum atomic E-state index is -0.394. The fraction of sp³-hybridized carbons (Fsp3) is 0.160. The molecule has 0 unspecified atom stereocenters. The van der Waals surface area contributed by atoms with Crippen molar-refractivity contribution in [3.05, 3.63) is 99.2 Å². The molecule has 5 aromatic rings. The topological polar surface area (TPSA) is 75.0 Å². The lowest BCUT2D eigenvalue weighted by atomic mass is 10.1. The maximum atomic E-state index is 13.2. The van der Waals surface area contributed by atoms with Gasteiger partial charge in [-0.15, -0.1) is 0 Å². The Balaban J connectivity index is 1.74. The number of fused-ring (bicyclic) bond motifs is 1. The lowest BCUT2D eigenvalue weighted by Gasteiger charge is -2.11. The van der Waals surface area contributed by atoms with Crippen LogP contribution in [0.2, 0.25) is 0 Å². The molecule has 0 aliphatic heterocycles. The number of aromatic nitrogens is 4. The second kappa shape index (κ2) is 7.53. The van der Waals surface area contributed by atoms with Crippen LogP contribution in [0.5, 0.6) is 0 Å². The van der Waals surface area contributed by atoms with Crippen LogP contribution >= 0.6 is 0 Å². The van der Waals surface area contributed by atoms with Crippen LogP contribution in [0.25, 0.3) is 33.6 Å². The third kappa shape index (κ3) is 3.10. The predicted octanol–water partition coefficient (Wildman–Crippen LogP) is 3.72. The van der Waals surface area contributed by atoms with Crippen LogP contribution in [-0.2, 0) is 20.6 Å². The molecule has 7 heteroatoms. The number of oxazole rings is 1. The molecule has 32 heavy (non-hydrogen) atoms. The average molecular weight is 426 g/mol. The molecule has 0 atom stereocenters. The number of aryl methyl sites for hydroxylation is 2. The SMILES string of the molecule is Cc1oc(-c2ccccc2)nc1Cn1c(=O)n(C)c(=O)c2c1c(-c1ccccc1)cn2C. The summed E-state index contributed by atoms with van der Waals surface area (Å²) in [5, 5.41) is 0. The molecule has 5 rings (SSSR count). The van der Waals surface area contributed by atoms with E-state index < -0.39 is 5.69 Å². The van der Waals surface area contributed by atoms with E-state index >= 15 is 0 Å². The molecule has 2 aromatic carbocycles. The first-order valence-electron chi connectivity index (χ1n) is 10.3. The minimum Gasteiger partial charge on any atom is -0.441 e. The second-order valence-corrected chi connectivity index (χ2v) is 7.84. The van der Waals surface area contributed by atoms with Gasteiger partial charge in [-0.1, -0.05) is 48.5 Å². The number of benzene rings is 2. The molecule has 0 amide bonds. The molecule has 0 fully saturated rings. The summed E-state index contributed by atoms with van der Waals surface area (Å²) in [5.41, 5.74) is 3.61. The highest BCUT2D eigenvalue weighted by atomic mass is 16.4. The Morgan fingerprint density at radius 3 is 2.16 bits per heavy atom. The van der Waals surface area contributed by atoms with Crippen LogP contribution in [0.15, 0.2) is 80.9 Å². The van der Waals surface area contributed by atoms with Crippen molar-refractivity contribution in [3.8, 4) is 22.6 Å². The summed E-state index contributed by atoms with van der Waals surface area (Å²) < 4.78 is 10.4. The van der Waals surface area contributed by atoms with Gasteiger partial charge >= 0.3 is 5.69 Å². The zero-order valence-corrected chi connectivity index (χ0v) is 18.1. The molecule has 0 aliphatic rings. The highest BCUT2D eigenvalue weighted by molar-refractivity contribution is 5.93. The van der Waals surface area contributed by atoms with Crippen molar-refractivity contribution in [2.45, 2.75) is 13.5 Å². The molecular formula is C25H22N4O3. The van der Waals surface area contributed by atoms with E-state index in [2.05, 4.69) is 4.98 Å². The Labute approximate surface area is 183 Å². The Bertz CT molecular complexity index is 1550. The van der Waals surface area contributed by atoms with E-state index in [9.17, 15) is 9.59 Å². The van der Waals surface area contributed by atoms with Gasteiger partial charge in [0.25, 0.3) is 5.56 Å². The van der Waals surface area contributed by atoms with Gasteiger partial charge < -0.3 is 8.98 Å². The molecular weight excluding hydrogens is 404 g/mol. The van der Waals surface area contributed by atoms with Gasteiger partial charge in [0.15, 0.2) is 0 Å². The molecule has 0 aliphatic carbocycles. The van der Waals surface area contributed by atoms with Gasteiger partial charge in [0, 0.05) is 31.4 Å². The van der Waals surface area contributed by atoms with Gasteiger partial charge in [-0.2, -0.15) is 0 Å². The van der Waals surface area contributed by atoms with Crippen molar-refractivity contribution in [3.63, 3.8) is 0 Å². The Morgan fingerprint density at radius 1 is 0.875 bits per heavy atom. The van der Waals surface area contributed by atoms with Crippen LogP contribution in [0.4, 0.5) is 0 Å². The van der Waals surface area contributed by atoms with Crippen LogP contribution in [0.3, 0.4) is 0 Å². The number of hydrogen-bond donors (Lipinski definition) is 0. The fourth-order valence-corrected chi connectivity index (χ4v) is 4.07. The third-order valence-corrected chi connectivity index (χ3v) is 5.76. The molecule has 160 valence electrons. The van der Waals surface area contributed by atoms with Crippen molar-refractivity contribution in [2.75, 3.05) is 0 Å². The highest BCUT2D eigenvalue weighted by Crippen LogP contribution is 2.29. The van der Waals surface area contributed by atoms with Crippen molar-refractivity contribution in [1.29, 1.82) is 0 Å². The molecule has 3 heterocycles. The van der Waals surface area contributed by atoms with Gasteiger partial charge in [0.05, 0.1) is 12.1 Å². The van der Waals surface area contributed by atoms with E-state index in [0.29, 0.717) is 28.4 Å². The Hall–Kier alpha value is -4.13. The third-order valence-electron chi connectivity index (χ3n) is 5.76. The van der Waals surface area contributed by atoms with Gasteiger partial charge in [0.2, 0.25) is 5.89 Å². The van der Waals surface area contributed by atoms with Crippen molar-refractivity contribution >= 4 is 11.0 Å². The lowest BCUT2D eigenvalue weighted by Crippen LogP contribution is -2.39. The molecule has 3 aromatic heterocycles. The summed E-state index contributed by atoms with van der Waals surface area (Å²) in [4.78, 5) is 30.9. The largest absolute Gasteiger partial charge is 0.441 e. The summed E-state index contributed by atoms with van der Waals surface area (Å²) in [5.74, 6) is 1.14. The van der Waals surface area contributed by atoms with Crippen LogP contribution < -0.4 is 11.2 Å². The second-order valence-electron chi connectivity index (χ2n) is 7.84. The van der Waals surface area contributed by atoms with Gasteiger partial charge in [-0.3, -0.25) is 13.9 Å². The normalized spacial score (nSPS) is 11.3. The Kier molecular flexibility index (Phi) is 4.66. The maximum absolute atomic E-state index is 13.2. The molecule has 0 bridgehead atoms. The summed E-state index contributed by atoms with van der Waals surface area (Å²) >= 11 is 0. The first kappa shape index (κ1) is 19.8. The fourth-order valence-electron chi connectivity index (χ4n) is 4.07. The Morgan fingerprint density at radius 2 is 1.50 bits per heavy atom. The molecule has 7 nitrogen and oxygen atoms in total. The summed E-state index contributed by atoms with van der Waals surface area (Å²) in [7, 11) is 3.32. The molecule has 0 spiro atoms. The molecule has 0 radical (unpaired) electrons. The van der Waals surface area contributed by atoms with Crippen molar-refractivity contribution in [2.24, 2.45) is 14.1 Å². The van der Waals surface area contributed by atoms with E-state index in [1.807, 2.05) is 80.8 Å². The average Bonchev–Trinajstić information content (AvgIpc) is 3.36. The van der Waals surface area contributed by atoms with Gasteiger partial charge in [-0.05, 0) is 24.6 Å². The van der Waals surface area contributed by atoms with Crippen LogP contribution in [-0.4, -0.2) is 18.7 Å². The number of hydrogen-bond acceptors (Lipinski definition) is 4. The summed E-state index contributed by atoms with van der Waals surface area (Å²) in [6.45, 7) is 2.03. The molecule has 0 saturated carbocycles. The zero-order chi connectivity index (χ0) is 22.4. The lowest BCUT2D eigenvalue weighted by molar-refractivity contribution is 0.537. The maximum Gasteiger partial charge on any atom is 0.331 e. The summed E-state index contributed by atoms with van der Waals surface area (Å²) in [6, 6.07) is 19.4. The standard InChI is InChI=1S/C25H22N4O3/c1-16-20(26-23(32-16)18-12-8-5-9-13-18)15-29-21-19(17-10-6-4-7-11-17)14-27(2)22(21)24(30)28(3)25(29)31/h4-14H,15H2,1-3H3. The highest BCUT2D eigenvalue weighted by Gasteiger charge is 2.21.